The minimum atomic E-state index is -0.316. The Morgan fingerprint density at radius 2 is 1.78 bits per heavy atom. The van der Waals surface area contributed by atoms with E-state index in [9.17, 15) is 4.79 Å². The minimum absolute atomic E-state index is 0.316. The molecule has 0 fully saturated rings. The first-order chi connectivity index (χ1) is 8.65. The van der Waals surface area contributed by atoms with E-state index in [0.29, 0.717) is 10.7 Å². The van der Waals surface area contributed by atoms with E-state index in [1.807, 2.05) is 30.3 Å². The summed E-state index contributed by atoms with van der Waals surface area (Å²) in [6, 6.07) is 14.1. The Morgan fingerprint density at radius 3 is 2.50 bits per heavy atom. The van der Waals surface area contributed by atoms with E-state index >= 15 is 0 Å². The Hall–Kier alpha value is -1.52. The first-order valence-electron chi connectivity index (χ1n) is 5.23. The van der Waals surface area contributed by atoms with Gasteiger partial charge in [-0.25, -0.2) is 4.79 Å². The zero-order chi connectivity index (χ0) is 13.0. The number of benzene rings is 2. The van der Waals surface area contributed by atoms with E-state index in [0.717, 1.165) is 10.2 Å². The van der Waals surface area contributed by atoms with Crippen LogP contribution in [0.4, 0.5) is 16.2 Å². The maximum absolute atomic E-state index is 11.8. The molecule has 0 spiro atoms. The second kappa shape index (κ2) is 5.89. The molecule has 92 valence electrons. The number of amides is 2. The van der Waals surface area contributed by atoms with Gasteiger partial charge in [0.05, 0.1) is 5.69 Å². The molecular formula is C13H10BrClN2O. The summed E-state index contributed by atoms with van der Waals surface area (Å²) in [5.41, 5.74) is 1.35. The molecule has 0 saturated carbocycles. The largest absolute Gasteiger partial charge is 0.323 e. The molecule has 5 heteroatoms. The van der Waals surface area contributed by atoms with Gasteiger partial charge in [-0.2, -0.15) is 0 Å². The standard InChI is InChI=1S/C13H10BrClN2O/c14-11-7-6-9(15)8-12(11)17-13(18)16-10-4-2-1-3-5-10/h1-8H,(H2,16,17,18). The van der Waals surface area contributed by atoms with Crippen molar-refractivity contribution in [2.24, 2.45) is 0 Å². The number of carbonyl (C=O) groups excluding carboxylic acids is 1. The van der Waals surface area contributed by atoms with Gasteiger partial charge in [0.2, 0.25) is 0 Å². The third kappa shape index (κ3) is 3.48. The zero-order valence-corrected chi connectivity index (χ0v) is 11.6. The molecule has 2 aromatic carbocycles. The van der Waals surface area contributed by atoms with Crippen LogP contribution in [0.25, 0.3) is 0 Å². The van der Waals surface area contributed by atoms with Crippen LogP contribution in [0.5, 0.6) is 0 Å². The lowest BCUT2D eigenvalue weighted by Gasteiger charge is -2.09. The molecule has 0 heterocycles. The van der Waals surface area contributed by atoms with E-state index in [2.05, 4.69) is 26.6 Å². The van der Waals surface area contributed by atoms with Gasteiger partial charge in [0.15, 0.2) is 0 Å². The number of hydrogen-bond donors (Lipinski definition) is 2. The Bertz CT molecular complexity index is 560. The highest BCUT2D eigenvalue weighted by atomic mass is 79.9. The van der Waals surface area contributed by atoms with Crippen molar-refractivity contribution in [1.29, 1.82) is 0 Å². The average molecular weight is 326 g/mol. The predicted octanol–water partition coefficient (Wildman–Crippen LogP) is 4.75. The average Bonchev–Trinajstić information content (AvgIpc) is 2.35. The molecule has 0 aromatic heterocycles. The molecule has 0 saturated heterocycles. The van der Waals surface area contributed by atoms with Gasteiger partial charge in [0.25, 0.3) is 0 Å². The topological polar surface area (TPSA) is 41.1 Å². The highest BCUT2D eigenvalue weighted by Crippen LogP contribution is 2.25. The molecule has 0 atom stereocenters. The van der Waals surface area contributed by atoms with Crippen LogP contribution in [0.3, 0.4) is 0 Å². The number of halogens is 2. The highest BCUT2D eigenvalue weighted by molar-refractivity contribution is 9.10. The lowest BCUT2D eigenvalue weighted by atomic mass is 10.3. The maximum atomic E-state index is 11.8. The van der Waals surface area contributed by atoms with Crippen molar-refractivity contribution < 1.29 is 4.79 Å². The van der Waals surface area contributed by atoms with Gasteiger partial charge in [0.1, 0.15) is 0 Å². The molecule has 0 radical (unpaired) electrons. The van der Waals surface area contributed by atoms with Crippen molar-refractivity contribution >= 4 is 44.9 Å². The van der Waals surface area contributed by atoms with Crippen LogP contribution in [-0.4, -0.2) is 6.03 Å². The first-order valence-corrected chi connectivity index (χ1v) is 6.40. The summed E-state index contributed by atoms with van der Waals surface area (Å²) in [4.78, 5) is 11.8. The molecule has 3 nitrogen and oxygen atoms in total. The minimum Gasteiger partial charge on any atom is -0.308 e. The monoisotopic (exact) mass is 324 g/mol. The number of rotatable bonds is 2. The van der Waals surface area contributed by atoms with Crippen molar-refractivity contribution in [2.75, 3.05) is 10.6 Å². The van der Waals surface area contributed by atoms with Crippen LogP contribution in [0.2, 0.25) is 5.02 Å². The number of anilines is 2. The molecule has 2 amide bonds. The quantitative estimate of drug-likeness (QED) is 0.822. The third-order valence-electron chi connectivity index (χ3n) is 2.21. The van der Waals surface area contributed by atoms with E-state index in [1.54, 1.807) is 18.2 Å². The summed E-state index contributed by atoms with van der Waals surface area (Å²) in [7, 11) is 0. The SMILES string of the molecule is O=C(Nc1ccccc1)Nc1cc(Cl)ccc1Br. The van der Waals surface area contributed by atoms with Crippen LogP contribution < -0.4 is 10.6 Å². The number of nitrogens with one attached hydrogen (secondary N) is 2. The number of hydrogen-bond acceptors (Lipinski definition) is 1. The summed E-state index contributed by atoms with van der Waals surface area (Å²) < 4.78 is 0.773. The second-order valence-corrected chi connectivity index (χ2v) is 4.86. The summed E-state index contributed by atoms with van der Waals surface area (Å²) in [5, 5.41) is 6.00. The van der Waals surface area contributed by atoms with Crippen molar-refractivity contribution in [3.05, 3.63) is 58.0 Å². The van der Waals surface area contributed by atoms with E-state index < -0.39 is 0 Å². The fourth-order valence-corrected chi connectivity index (χ4v) is 1.92. The van der Waals surface area contributed by atoms with Crippen LogP contribution in [0, 0.1) is 0 Å². The summed E-state index contributed by atoms with van der Waals surface area (Å²) in [6.07, 6.45) is 0. The van der Waals surface area contributed by atoms with Crippen LogP contribution in [-0.2, 0) is 0 Å². The maximum Gasteiger partial charge on any atom is 0.323 e. The number of para-hydroxylation sites is 1. The molecule has 0 aliphatic rings. The molecule has 2 rings (SSSR count). The fourth-order valence-electron chi connectivity index (χ4n) is 1.40. The lowest BCUT2D eigenvalue weighted by Crippen LogP contribution is -2.19. The Labute approximate surface area is 118 Å². The zero-order valence-electron chi connectivity index (χ0n) is 9.28. The number of urea groups is 1. The molecule has 0 aliphatic carbocycles. The van der Waals surface area contributed by atoms with Crippen molar-refractivity contribution in [3.8, 4) is 0 Å². The Balaban J connectivity index is 2.05. The molecule has 0 aliphatic heterocycles. The van der Waals surface area contributed by atoms with Crippen molar-refractivity contribution in [2.45, 2.75) is 0 Å². The summed E-state index contributed by atoms with van der Waals surface area (Å²) in [5.74, 6) is 0. The molecule has 2 N–H and O–H groups in total. The van der Waals surface area contributed by atoms with Gasteiger partial charge in [-0.3, -0.25) is 0 Å². The van der Waals surface area contributed by atoms with Gasteiger partial charge in [-0.1, -0.05) is 29.8 Å². The highest BCUT2D eigenvalue weighted by Gasteiger charge is 2.06. The van der Waals surface area contributed by atoms with Crippen molar-refractivity contribution in [3.63, 3.8) is 0 Å². The molecule has 0 bridgehead atoms. The van der Waals surface area contributed by atoms with Crippen LogP contribution in [0.1, 0.15) is 0 Å². The lowest BCUT2D eigenvalue weighted by molar-refractivity contribution is 0.262. The first kappa shape index (κ1) is 12.9. The normalized spacial score (nSPS) is 9.89. The Morgan fingerprint density at radius 1 is 1.06 bits per heavy atom. The van der Waals surface area contributed by atoms with Gasteiger partial charge in [-0.15, -0.1) is 0 Å². The fraction of sp³-hybridized carbons (Fsp3) is 0. The smallest absolute Gasteiger partial charge is 0.308 e. The van der Waals surface area contributed by atoms with E-state index in [-0.39, 0.29) is 6.03 Å². The van der Waals surface area contributed by atoms with Gasteiger partial charge in [-0.05, 0) is 46.3 Å². The van der Waals surface area contributed by atoms with Gasteiger partial charge in [0, 0.05) is 15.2 Å². The third-order valence-corrected chi connectivity index (χ3v) is 3.13. The van der Waals surface area contributed by atoms with Crippen LogP contribution in [0.15, 0.2) is 53.0 Å². The summed E-state index contributed by atoms with van der Waals surface area (Å²) >= 11 is 9.21. The number of carbonyl (C=O) groups is 1. The molecule has 18 heavy (non-hydrogen) atoms. The summed E-state index contributed by atoms with van der Waals surface area (Å²) in [6.45, 7) is 0. The van der Waals surface area contributed by atoms with E-state index in [1.165, 1.54) is 0 Å². The van der Waals surface area contributed by atoms with Gasteiger partial charge < -0.3 is 10.6 Å². The van der Waals surface area contributed by atoms with Gasteiger partial charge >= 0.3 is 6.03 Å². The molecule has 2 aromatic rings. The Kier molecular flexibility index (Phi) is 4.23. The second-order valence-electron chi connectivity index (χ2n) is 3.57. The molecule has 0 unspecified atom stereocenters. The van der Waals surface area contributed by atoms with Crippen molar-refractivity contribution in [1.82, 2.24) is 0 Å². The van der Waals surface area contributed by atoms with Crippen LogP contribution >= 0.6 is 27.5 Å². The van der Waals surface area contributed by atoms with E-state index in [4.69, 9.17) is 11.6 Å². The predicted molar refractivity (Wildman–Crippen MR) is 78.2 cm³/mol. The molecular weight excluding hydrogens is 316 g/mol.